The Kier molecular flexibility index (Phi) is 6.83. The summed E-state index contributed by atoms with van der Waals surface area (Å²) in [6.07, 6.45) is 7.40. The van der Waals surface area contributed by atoms with Crippen molar-refractivity contribution in [2.45, 2.75) is 44.7 Å². The zero-order valence-corrected chi connectivity index (χ0v) is 13.6. The number of carbonyl (C=O) groups is 1. The first kappa shape index (κ1) is 16.8. The molecule has 0 atom stereocenters. The lowest BCUT2D eigenvalue weighted by Crippen LogP contribution is -2.41. The van der Waals surface area contributed by atoms with Crippen molar-refractivity contribution in [3.05, 3.63) is 23.7 Å². The van der Waals surface area contributed by atoms with Crippen molar-refractivity contribution in [2.75, 3.05) is 0 Å². The molecule has 20 heavy (non-hydrogen) atoms. The van der Waals surface area contributed by atoms with Crippen LogP contribution in [0.4, 0.5) is 0 Å². The second-order valence-electron chi connectivity index (χ2n) is 4.85. The summed E-state index contributed by atoms with van der Waals surface area (Å²) < 4.78 is 5.18. The van der Waals surface area contributed by atoms with E-state index in [0.717, 1.165) is 12.8 Å². The SMILES string of the molecule is I.NC(=O)c1coc(CN=C(N)NC2CCCCC2)c1. The summed E-state index contributed by atoms with van der Waals surface area (Å²) in [7, 11) is 0. The van der Waals surface area contributed by atoms with Crippen molar-refractivity contribution >= 4 is 35.8 Å². The number of halogens is 1. The van der Waals surface area contributed by atoms with Gasteiger partial charge >= 0.3 is 0 Å². The number of aliphatic imine (C=N–C) groups is 1. The summed E-state index contributed by atoms with van der Waals surface area (Å²) in [6, 6.07) is 2.01. The van der Waals surface area contributed by atoms with Crippen LogP contribution in [0.2, 0.25) is 0 Å². The van der Waals surface area contributed by atoms with Crippen LogP contribution in [0.3, 0.4) is 0 Å². The van der Waals surface area contributed by atoms with Crippen LogP contribution in [-0.4, -0.2) is 17.9 Å². The molecule has 7 heteroatoms. The van der Waals surface area contributed by atoms with Crippen molar-refractivity contribution in [3.8, 4) is 0 Å². The second kappa shape index (κ2) is 8.13. The van der Waals surface area contributed by atoms with Crippen molar-refractivity contribution < 1.29 is 9.21 Å². The first-order chi connectivity index (χ1) is 9.15. The summed E-state index contributed by atoms with van der Waals surface area (Å²) in [4.78, 5) is 15.1. The molecule has 2 rings (SSSR count). The lowest BCUT2D eigenvalue weighted by atomic mass is 9.96. The van der Waals surface area contributed by atoms with Crippen LogP contribution in [-0.2, 0) is 6.54 Å². The molecule has 1 aromatic rings. The molecule has 0 radical (unpaired) electrons. The highest BCUT2D eigenvalue weighted by molar-refractivity contribution is 14.0. The van der Waals surface area contributed by atoms with E-state index in [1.807, 2.05) is 0 Å². The molecule has 1 fully saturated rings. The minimum Gasteiger partial charge on any atom is -0.467 e. The van der Waals surface area contributed by atoms with Gasteiger partial charge in [-0.05, 0) is 18.9 Å². The lowest BCUT2D eigenvalue weighted by Gasteiger charge is -2.23. The Morgan fingerprint density at radius 3 is 2.65 bits per heavy atom. The van der Waals surface area contributed by atoms with Gasteiger partial charge in [-0.3, -0.25) is 4.79 Å². The molecule has 0 unspecified atom stereocenters. The maximum Gasteiger partial charge on any atom is 0.251 e. The smallest absolute Gasteiger partial charge is 0.251 e. The Labute approximate surface area is 135 Å². The molecule has 0 bridgehead atoms. The van der Waals surface area contributed by atoms with Crippen molar-refractivity contribution in [1.82, 2.24) is 5.32 Å². The van der Waals surface area contributed by atoms with E-state index in [9.17, 15) is 4.79 Å². The lowest BCUT2D eigenvalue weighted by molar-refractivity contribution is 0.0999. The number of nitrogens with one attached hydrogen (secondary N) is 1. The predicted molar refractivity (Wildman–Crippen MR) is 88.0 cm³/mol. The third-order valence-corrected chi connectivity index (χ3v) is 3.30. The second-order valence-corrected chi connectivity index (χ2v) is 4.85. The molecule has 1 saturated carbocycles. The van der Waals surface area contributed by atoms with Gasteiger partial charge in [0.05, 0.1) is 5.56 Å². The number of guanidine groups is 1. The van der Waals surface area contributed by atoms with Gasteiger partial charge in [-0.25, -0.2) is 4.99 Å². The largest absolute Gasteiger partial charge is 0.467 e. The number of hydrogen-bond acceptors (Lipinski definition) is 3. The summed E-state index contributed by atoms with van der Waals surface area (Å²) in [5.41, 5.74) is 11.3. The fraction of sp³-hybridized carbons (Fsp3) is 0.538. The van der Waals surface area contributed by atoms with E-state index in [2.05, 4.69) is 10.3 Å². The number of hydrogen-bond donors (Lipinski definition) is 3. The van der Waals surface area contributed by atoms with E-state index >= 15 is 0 Å². The van der Waals surface area contributed by atoms with Crippen LogP contribution in [0.5, 0.6) is 0 Å². The van der Waals surface area contributed by atoms with Crippen molar-refractivity contribution in [3.63, 3.8) is 0 Å². The quantitative estimate of drug-likeness (QED) is 0.412. The number of nitrogens with two attached hydrogens (primary N) is 2. The van der Waals surface area contributed by atoms with Gasteiger partial charge < -0.3 is 21.2 Å². The minimum atomic E-state index is -0.507. The fourth-order valence-corrected chi connectivity index (χ4v) is 2.26. The van der Waals surface area contributed by atoms with E-state index in [1.165, 1.54) is 25.5 Å². The fourth-order valence-electron chi connectivity index (χ4n) is 2.26. The van der Waals surface area contributed by atoms with Gasteiger partial charge in [-0.15, -0.1) is 24.0 Å². The summed E-state index contributed by atoms with van der Waals surface area (Å²) in [6.45, 7) is 0.304. The van der Waals surface area contributed by atoms with Gasteiger partial charge in [-0.2, -0.15) is 0 Å². The van der Waals surface area contributed by atoms with Crippen LogP contribution in [0.25, 0.3) is 0 Å². The topological polar surface area (TPSA) is 107 Å². The van der Waals surface area contributed by atoms with E-state index in [0.29, 0.717) is 29.9 Å². The number of carbonyl (C=O) groups excluding carboxylic acids is 1. The first-order valence-corrected chi connectivity index (χ1v) is 6.59. The van der Waals surface area contributed by atoms with Crippen LogP contribution < -0.4 is 16.8 Å². The molecule has 1 amide bonds. The number of furan rings is 1. The van der Waals surface area contributed by atoms with Crippen molar-refractivity contribution in [2.24, 2.45) is 16.5 Å². The summed E-state index contributed by atoms with van der Waals surface area (Å²) >= 11 is 0. The highest BCUT2D eigenvalue weighted by atomic mass is 127. The van der Waals surface area contributed by atoms with Crippen LogP contribution in [0, 0.1) is 0 Å². The average Bonchev–Trinajstić information content (AvgIpc) is 2.86. The van der Waals surface area contributed by atoms with Crippen LogP contribution >= 0.6 is 24.0 Å². The van der Waals surface area contributed by atoms with Gasteiger partial charge in [-0.1, -0.05) is 19.3 Å². The molecule has 112 valence electrons. The number of amides is 1. The summed E-state index contributed by atoms with van der Waals surface area (Å²) in [5.74, 6) is 0.485. The van der Waals surface area contributed by atoms with Gasteiger partial charge in [0.1, 0.15) is 18.6 Å². The van der Waals surface area contributed by atoms with Crippen LogP contribution in [0.1, 0.15) is 48.2 Å². The van der Waals surface area contributed by atoms with E-state index < -0.39 is 5.91 Å². The number of primary amides is 1. The standard InChI is InChI=1S/C13H20N4O2.HI/c14-12(18)9-6-11(19-8-9)7-16-13(15)17-10-4-2-1-3-5-10;/h6,8,10H,1-5,7H2,(H2,14,18)(H3,15,16,17);1H. The molecule has 1 aromatic heterocycles. The number of nitrogens with zero attached hydrogens (tertiary/aromatic N) is 1. The predicted octanol–water partition coefficient (Wildman–Crippen LogP) is 1.73. The Morgan fingerprint density at radius 2 is 2.05 bits per heavy atom. The molecular formula is C13H21IN4O2. The molecule has 0 saturated heterocycles. The zero-order chi connectivity index (χ0) is 13.7. The Balaban J connectivity index is 0.00000200. The molecule has 6 nitrogen and oxygen atoms in total. The van der Waals surface area contributed by atoms with E-state index in [4.69, 9.17) is 15.9 Å². The molecule has 1 aliphatic carbocycles. The molecule has 0 aliphatic heterocycles. The average molecular weight is 392 g/mol. The first-order valence-electron chi connectivity index (χ1n) is 6.59. The van der Waals surface area contributed by atoms with Gasteiger partial charge in [0.25, 0.3) is 5.91 Å². The summed E-state index contributed by atoms with van der Waals surface area (Å²) in [5, 5.41) is 3.21. The van der Waals surface area contributed by atoms with Gasteiger partial charge in [0.15, 0.2) is 5.96 Å². The minimum absolute atomic E-state index is 0. The number of rotatable bonds is 4. The third-order valence-electron chi connectivity index (χ3n) is 3.30. The molecule has 1 aliphatic rings. The highest BCUT2D eigenvalue weighted by Gasteiger charge is 2.13. The Morgan fingerprint density at radius 1 is 1.35 bits per heavy atom. The maximum atomic E-state index is 10.9. The third kappa shape index (κ3) is 5.03. The molecule has 0 aromatic carbocycles. The normalized spacial score (nSPS) is 16.5. The Hall–Kier alpha value is -1.25. The molecular weight excluding hydrogens is 371 g/mol. The van der Waals surface area contributed by atoms with Gasteiger partial charge in [0, 0.05) is 6.04 Å². The molecule has 5 N–H and O–H groups in total. The van der Waals surface area contributed by atoms with Gasteiger partial charge in [0.2, 0.25) is 0 Å². The van der Waals surface area contributed by atoms with Crippen LogP contribution in [0.15, 0.2) is 21.7 Å². The molecule has 1 heterocycles. The Bertz CT molecular complexity index is 467. The van der Waals surface area contributed by atoms with E-state index in [-0.39, 0.29) is 24.0 Å². The highest BCUT2D eigenvalue weighted by Crippen LogP contribution is 2.17. The van der Waals surface area contributed by atoms with Crippen molar-refractivity contribution in [1.29, 1.82) is 0 Å². The maximum absolute atomic E-state index is 10.9. The zero-order valence-electron chi connectivity index (χ0n) is 11.3. The van der Waals surface area contributed by atoms with E-state index in [1.54, 1.807) is 6.07 Å². The monoisotopic (exact) mass is 392 g/mol. The molecule has 0 spiro atoms.